The lowest BCUT2D eigenvalue weighted by atomic mass is 10.1. The van der Waals surface area contributed by atoms with Crippen LogP contribution in [0.4, 0.5) is 11.6 Å². The fourth-order valence-electron chi connectivity index (χ4n) is 5.89. The van der Waals surface area contributed by atoms with Crippen molar-refractivity contribution < 1.29 is 66.3 Å². The number of aliphatic hydroxyl groups excluding tert-OH is 1. The van der Waals surface area contributed by atoms with Crippen LogP contribution in [0.3, 0.4) is 0 Å². The molecule has 2 saturated heterocycles. The van der Waals surface area contributed by atoms with Gasteiger partial charge in [0.2, 0.25) is 5.91 Å². The number of phosphoric ester groups is 2. The highest BCUT2D eigenvalue weighted by Crippen LogP contribution is 2.50. The van der Waals surface area contributed by atoms with Crippen molar-refractivity contribution >= 4 is 50.3 Å². The Bertz CT molecular complexity index is 2010. The molecule has 0 bridgehead atoms. The van der Waals surface area contributed by atoms with Crippen molar-refractivity contribution in [2.45, 2.75) is 75.6 Å². The molecule has 8 N–H and O–H groups in total. The quantitative estimate of drug-likeness (QED) is 0.0536. The third kappa shape index (κ3) is 10.6. The third-order valence-corrected chi connectivity index (χ3v) is 9.88. The SMILES string of the molecule is C=CCCC(=O)N(CCC)CC(=O)O[C@@H]1[C@@H](COP(=O)(O)O[C@H]2C[C@H](n3ccc(N)nc3=O)O[C@@H]2COP(=O)(O)O)OC(n2cnc3c(N)ncnc32)[C@@H]1O. The molecule has 2 aliphatic rings. The lowest BCUT2D eigenvalue weighted by Gasteiger charge is -2.25. The van der Waals surface area contributed by atoms with E-state index in [0.717, 1.165) is 10.9 Å². The molecule has 24 nitrogen and oxygen atoms in total. The minimum absolute atomic E-state index is 0.0229. The molecule has 3 aromatic heterocycles. The van der Waals surface area contributed by atoms with E-state index < -0.39 is 90.0 Å². The Labute approximate surface area is 311 Å². The number of rotatable bonds is 18. The molecule has 5 heterocycles. The Hall–Kier alpha value is -4.19. The second kappa shape index (κ2) is 17.7. The summed E-state index contributed by atoms with van der Waals surface area (Å²) in [5, 5.41) is 11.5. The van der Waals surface area contributed by atoms with Crippen LogP contribution in [0.2, 0.25) is 0 Å². The number of carbonyl (C=O) groups excluding carboxylic acids is 2. The Morgan fingerprint density at radius 1 is 1.11 bits per heavy atom. The lowest BCUT2D eigenvalue weighted by molar-refractivity contribution is -0.160. The summed E-state index contributed by atoms with van der Waals surface area (Å²) in [5.74, 6) is -1.34. The Morgan fingerprint density at radius 3 is 2.55 bits per heavy atom. The van der Waals surface area contributed by atoms with Crippen LogP contribution in [-0.2, 0) is 46.5 Å². The van der Waals surface area contributed by atoms with Gasteiger partial charge in [-0.15, -0.1) is 6.58 Å². The Morgan fingerprint density at radius 2 is 1.85 bits per heavy atom. The van der Waals surface area contributed by atoms with Crippen molar-refractivity contribution in [2.75, 3.05) is 37.8 Å². The topological polar surface area (TPSA) is 338 Å². The molecular weight excluding hydrogens is 776 g/mol. The number of anilines is 2. The van der Waals surface area contributed by atoms with Gasteiger partial charge >= 0.3 is 27.3 Å². The number of carbonyl (C=O) groups is 2. The second-order valence-corrected chi connectivity index (χ2v) is 15.0. The number of amides is 1. The molecule has 26 heteroatoms. The lowest BCUT2D eigenvalue weighted by Crippen LogP contribution is -2.42. The normalized spacial score (nSPS) is 25.1. The van der Waals surface area contributed by atoms with E-state index in [1.807, 2.05) is 6.92 Å². The van der Waals surface area contributed by atoms with Gasteiger partial charge in [0.25, 0.3) is 0 Å². The van der Waals surface area contributed by atoms with Gasteiger partial charge in [0.1, 0.15) is 54.9 Å². The monoisotopic (exact) mass is 817 g/mol. The van der Waals surface area contributed by atoms with E-state index in [4.69, 9.17) is 34.7 Å². The maximum atomic E-state index is 13.4. The number of nitrogen functional groups attached to an aromatic ring is 2. The largest absolute Gasteiger partial charge is 0.472 e. The summed E-state index contributed by atoms with van der Waals surface area (Å²) in [6, 6.07) is 1.28. The van der Waals surface area contributed by atoms with Crippen LogP contribution in [0.5, 0.6) is 0 Å². The zero-order valence-corrected chi connectivity index (χ0v) is 31.0. The molecule has 2 fully saturated rings. The van der Waals surface area contributed by atoms with E-state index in [1.54, 1.807) is 6.08 Å². The molecule has 0 radical (unpaired) electrons. The average Bonchev–Trinajstić information content (AvgIpc) is 3.80. The fourth-order valence-corrected chi connectivity index (χ4v) is 7.19. The first-order valence-electron chi connectivity index (χ1n) is 16.7. The van der Waals surface area contributed by atoms with Gasteiger partial charge in [-0.1, -0.05) is 13.0 Å². The van der Waals surface area contributed by atoms with Gasteiger partial charge < -0.3 is 50.4 Å². The van der Waals surface area contributed by atoms with Crippen molar-refractivity contribution in [1.29, 1.82) is 0 Å². The standard InChI is InChI=1S/C29H41N9O15P2/c1-3-5-6-20(39)36(8-4-2)11-22(40)52-25-18(51-28(24(25)41)38-15-34-23-26(31)32-14-33-27(23)38)13-49-55(46,47)53-16-10-21(37-9-7-19(30)35-29(37)42)50-17(16)12-48-54(43,44)45/h3,7,9,14-18,21,24-25,28,41H,1,4-6,8,10-13H2,2H3,(H,46,47)(H2,30,35,42)(H2,31,32,33)(H2,43,44,45)/t16-,17+,18+,21+,24+,25+,28?/m0/s1. The first-order valence-corrected chi connectivity index (χ1v) is 19.7. The molecule has 1 amide bonds. The van der Waals surface area contributed by atoms with Crippen molar-refractivity contribution in [3.05, 3.63) is 48.1 Å². The summed E-state index contributed by atoms with van der Waals surface area (Å²) >= 11 is 0. The summed E-state index contributed by atoms with van der Waals surface area (Å²) in [5.41, 5.74) is 10.9. The van der Waals surface area contributed by atoms with E-state index in [2.05, 4.69) is 31.0 Å². The molecule has 302 valence electrons. The van der Waals surface area contributed by atoms with Crippen molar-refractivity contribution in [1.82, 2.24) is 34.0 Å². The Balaban J connectivity index is 1.34. The predicted molar refractivity (Wildman–Crippen MR) is 186 cm³/mol. The number of nitrogens with two attached hydrogens (primary N) is 2. The van der Waals surface area contributed by atoms with E-state index >= 15 is 0 Å². The number of hydrogen-bond acceptors (Lipinski definition) is 18. The predicted octanol–water partition coefficient (Wildman–Crippen LogP) is -0.478. The van der Waals surface area contributed by atoms with E-state index in [9.17, 15) is 43.3 Å². The number of esters is 1. The second-order valence-electron chi connectivity index (χ2n) is 12.3. The molecular formula is C29H41N9O15P2. The van der Waals surface area contributed by atoms with Crippen LogP contribution in [0.25, 0.3) is 11.2 Å². The number of ether oxygens (including phenoxy) is 3. The first-order chi connectivity index (χ1) is 26.0. The van der Waals surface area contributed by atoms with E-state index in [1.165, 1.54) is 28.1 Å². The van der Waals surface area contributed by atoms with Gasteiger partial charge in [0.05, 0.1) is 19.5 Å². The molecule has 0 aromatic carbocycles. The third-order valence-electron chi connectivity index (χ3n) is 8.39. The fraction of sp³-hybridized carbons (Fsp3) is 0.552. The van der Waals surface area contributed by atoms with Crippen LogP contribution in [0.1, 0.15) is 45.1 Å². The summed E-state index contributed by atoms with van der Waals surface area (Å²) < 4.78 is 59.5. The molecule has 0 spiro atoms. The number of aliphatic hydroxyl groups is 1. The summed E-state index contributed by atoms with van der Waals surface area (Å²) in [4.78, 5) is 84.8. The van der Waals surface area contributed by atoms with Crippen LogP contribution >= 0.6 is 15.6 Å². The highest BCUT2D eigenvalue weighted by Gasteiger charge is 2.50. The van der Waals surface area contributed by atoms with Gasteiger partial charge in [-0.05, 0) is 18.9 Å². The maximum absolute atomic E-state index is 13.4. The van der Waals surface area contributed by atoms with Crippen LogP contribution in [0, 0.1) is 0 Å². The average molecular weight is 818 g/mol. The molecule has 0 aliphatic carbocycles. The van der Waals surface area contributed by atoms with Crippen molar-refractivity contribution in [2.24, 2.45) is 0 Å². The van der Waals surface area contributed by atoms with Gasteiger partial charge in [0.15, 0.2) is 23.8 Å². The molecule has 5 rings (SSSR count). The molecule has 3 aromatic rings. The van der Waals surface area contributed by atoms with E-state index in [0.29, 0.717) is 12.8 Å². The molecule has 2 unspecified atom stereocenters. The van der Waals surface area contributed by atoms with Crippen molar-refractivity contribution in [3.63, 3.8) is 0 Å². The van der Waals surface area contributed by atoms with Gasteiger partial charge in [-0.2, -0.15) is 4.98 Å². The zero-order valence-electron chi connectivity index (χ0n) is 29.3. The minimum atomic E-state index is -5.17. The summed E-state index contributed by atoms with van der Waals surface area (Å²) in [7, 11) is -10.2. The van der Waals surface area contributed by atoms with Crippen molar-refractivity contribution in [3.8, 4) is 0 Å². The molecule has 55 heavy (non-hydrogen) atoms. The number of allylic oxidation sites excluding steroid dienone is 1. The van der Waals surface area contributed by atoms with Crippen LogP contribution in [0.15, 0.2) is 42.4 Å². The number of phosphoric acid groups is 2. The summed E-state index contributed by atoms with van der Waals surface area (Å²) in [6.07, 6.45) is -4.26. The van der Waals surface area contributed by atoms with Gasteiger partial charge in [-0.3, -0.25) is 32.3 Å². The number of imidazole rings is 1. The number of aromatic nitrogens is 6. The van der Waals surface area contributed by atoms with Gasteiger partial charge in [0, 0.05) is 25.6 Å². The highest BCUT2D eigenvalue weighted by atomic mass is 31.2. The molecule has 2 aliphatic heterocycles. The zero-order chi connectivity index (χ0) is 40.1. The number of fused-ring (bicyclic) bond motifs is 1. The van der Waals surface area contributed by atoms with Gasteiger partial charge in [-0.25, -0.2) is 28.9 Å². The maximum Gasteiger partial charge on any atom is 0.472 e. The first kappa shape index (κ1) is 42.0. The molecule has 8 atom stereocenters. The summed E-state index contributed by atoms with van der Waals surface area (Å²) in [6.45, 7) is 3.47. The van der Waals surface area contributed by atoms with Crippen LogP contribution < -0.4 is 17.2 Å². The Kier molecular flexibility index (Phi) is 13.5. The number of nitrogens with zero attached hydrogens (tertiary/aromatic N) is 7. The minimum Gasteiger partial charge on any atom is -0.455 e. The van der Waals surface area contributed by atoms with Crippen LogP contribution in [-0.4, -0.2) is 122 Å². The number of hydrogen-bond donors (Lipinski definition) is 6. The highest BCUT2D eigenvalue weighted by molar-refractivity contribution is 7.47. The molecule has 0 saturated carbocycles. The van der Waals surface area contributed by atoms with E-state index in [-0.39, 0.29) is 48.1 Å². The smallest absolute Gasteiger partial charge is 0.455 e.